The summed E-state index contributed by atoms with van der Waals surface area (Å²) in [6.07, 6.45) is 0.956. The zero-order valence-corrected chi connectivity index (χ0v) is 14.7. The lowest BCUT2D eigenvalue weighted by Crippen LogP contribution is -2.32. The Labute approximate surface area is 148 Å². The second-order valence-corrected chi connectivity index (χ2v) is 6.02. The van der Waals surface area contributed by atoms with Crippen LogP contribution in [0.4, 0.5) is 5.69 Å². The quantitative estimate of drug-likeness (QED) is 0.673. The summed E-state index contributed by atoms with van der Waals surface area (Å²) in [4.78, 5) is 12.6. The highest BCUT2D eigenvalue weighted by atomic mass is 16.5. The maximum absolute atomic E-state index is 12.6. The second-order valence-electron chi connectivity index (χ2n) is 6.02. The predicted octanol–water partition coefficient (Wildman–Crippen LogP) is 5.20. The summed E-state index contributed by atoms with van der Waals surface area (Å²) in [6.45, 7) is 4.03. The van der Waals surface area contributed by atoms with Gasteiger partial charge in [-0.3, -0.25) is 4.79 Å². The number of benzene rings is 3. The average molecular weight is 333 g/mol. The van der Waals surface area contributed by atoms with Crippen molar-refractivity contribution in [1.29, 1.82) is 0 Å². The smallest absolute Gasteiger partial charge is 0.265 e. The Morgan fingerprint density at radius 3 is 2.44 bits per heavy atom. The lowest BCUT2D eigenvalue weighted by molar-refractivity contribution is -0.122. The van der Waals surface area contributed by atoms with Gasteiger partial charge in [0, 0.05) is 5.69 Å². The molecule has 3 rings (SSSR count). The monoisotopic (exact) mass is 333 g/mol. The van der Waals surface area contributed by atoms with Crippen molar-refractivity contribution in [3.8, 4) is 5.75 Å². The molecule has 0 aliphatic rings. The SMILES string of the molecule is CCc1ccccc1NC(=O)[C@H](CC)Oc1ccc2ccccc2c1. The van der Waals surface area contributed by atoms with Gasteiger partial charge in [-0.15, -0.1) is 0 Å². The number of rotatable bonds is 6. The van der Waals surface area contributed by atoms with Crippen LogP contribution in [0.15, 0.2) is 66.7 Å². The van der Waals surface area contributed by atoms with E-state index in [0.717, 1.165) is 28.4 Å². The third-order valence-corrected chi connectivity index (χ3v) is 4.32. The molecular weight excluding hydrogens is 310 g/mol. The summed E-state index contributed by atoms with van der Waals surface area (Å²) >= 11 is 0. The van der Waals surface area contributed by atoms with Crippen LogP contribution in [-0.4, -0.2) is 12.0 Å². The number of anilines is 1. The fourth-order valence-corrected chi connectivity index (χ4v) is 2.89. The zero-order chi connectivity index (χ0) is 17.6. The molecule has 0 saturated heterocycles. The van der Waals surface area contributed by atoms with Crippen LogP contribution in [0.5, 0.6) is 5.75 Å². The van der Waals surface area contributed by atoms with Crippen molar-refractivity contribution in [1.82, 2.24) is 0 Å². The van der Waals surface area contributed by atoms with Gasteiger partial charge in [-0.1, -0.05) is 62.4 Å². The van der Waals surface area contributed by atoms with E-state index in [0.29, 0.717) is 12.2 Å². The van der Waals surface area contributed by atoms with Crippen LogP contribution in [0.1, 0.15) is 25.8 Å². The summed E-state index contributed by atoms with van der Waals surface area (Å²) in [7, 11) is 0. The third kappa shape index (κ3) is 4.00. The first-order valence-electron chi connectivity index (χ1n) is 8.75. The lowest BCUT2D eigenvalue weighted by Gasteiger charge is -2.18. The Morgan fingerprint density at radius 2 is 1.68 bits per heavy atom. The highest BCUT2D eigenvalue weighted by Crippen LogP contribution is 2.23. The Morgan fingerprint density at radius 1 is 0.960 bits per heavy atom. The number of aryl methyl sites for hydroxylation is 1. The molecule has 0 heterocycles. The molecule has 0 spiro atoms. The van der Waals surface area contributed by atoms with E-state index in [1.54, 1.807) is 0 Å². The van der Waals surface area contributed by atoms with E-state index in [1.165, 1.54) is 0 Å². The molecule has 3 aromatic carbocycles. The van der Waals surface area contributed by atoms with E-state index in [1.807, 2.05) is 67.6 Å². The lowest BCUT2D eigenvalue weighted by atomic mass is 10.1. The standard InChI is InChI=1S/C22H23NO2/c1-3-16-9-7-8-12-20(16)23-22(24)21(4-2)25-19-14-13-17-10-5-6-11-18(17)15-19/h5-15,21H,3-4H2,1-2H3,(H,23,24)/t21-/m0/s1. The van der Waals surface area contributed by atoms with Crippen LogP contribution in [0.3, 0.4) is 0 Å². The molecule has 0 radical (unpaired) electrons. The Hall–Kier alpha value is -2.81. The first kappa shape index (κ1) is 17.0. The summed E-state index contributed by atoms with van der Waals surface area (Å²) in [5.41, 5.74) is 1.98. The predicted molar refractivity (Wildman–Crippen MR) is 103 cm³/mol. The number of amides is 1. The highest BCUT2D eigenvalue weighted by molar-refractivity contribution is 5.95. The molecule has 0 aliphatic carbocycles. The van der Waals surface area contributed by atoms with Crippen molar-refractivity contribution in [3.63, 3.8) is 0 Å². The summed E-state index contributed by atoms with van der Waals surface area (Å²) in [6, 6.07) is 21.9. The first-order valence-corrected chi connectivity index (χ1v) is 8.75. The summed E-state index contributed by atoms with van der Waals surface area (Å²) in [5, 5.41) is 5.27. The largest absolute Gasteiger partial charge is 0.481 e. The highest BCUT2D eigenvalue weighted by Gasteiger charge is 2.19. The Bertz CT molecular complexity index is 873. The van der Waals surface area contributed by atoms with Crippen molar-refractivity contribution >= 4 is 22.4 Å². The number of fused-ring (bicyclic) bond motifs is 1. The molecule has 0 fully saturated rings. The van der Waals surface area contributed by atoms with Gasteiger partial charge in [-0.2, -0.15) is 0 Å². The van der Waals surface area contributed by atoms with Crippen LogP contribution < -0.4 is 10.1 Å². The van der Waals surface area contributed by atoms with Gasteiger partial charge in [-0.25, -0.2) is 0 Å². The van der Waals surface area contributed by atoms with Crippen LogP contribution in [0.25, 0.3) is 10.8 Å². The minimum absolute atomic E-state index is 0.114. The van der Waals surface area contributed by atoms with E-state index in [2.05, 4.69) is 18.3 Å². The number of hydrogen-bond acceptors (Lipinski definition) is 2. The molecule has 1 amide bonds. The third-order valence-electron chi connectivity index (χ3n) is 4.32. The average Bonchev–Trinajstić information content (AvgIpc) is 2.66. The van der Waals surface area contributed by atoms with E-state index in [4.69, 9.17) is 4.74 Å². The maximum atomic E-state index is 12.6. The molecule has 3 aromatic rings. The van der Waals surface area contributed by atoms with Crippen molar-refractivity contribution in [2.75, 3.05) is 5.32 Å². The van der Waals surface area contributed by atoms with Crippen LogP contribution in [0.2, 0.25) is 0 Å². The topological polar surface area (TPSA) is 38.3 Å². The molecule has 128 valence electrons. The molecule has 3 heteroatoms. The van der Waals surface area contributed by atoms with Gasteiger partial charge >= 0.3 is 0 Å². The molecule has 0 unspecified atom stereocenters. The van der Waals surface area contributed by atoms with E-state index >= 15 is 0 Å². The van der Waals surface area contributed by atoms with Crippen LogP contribution in [0, 0.1) is 0 Å². The number of nitrogens with one attached hydrogen (secondary N) is 1. The molecule has 1 atom stereocenters. The molecule has 3 nitrogen and oxygen atoms in total. The van der Waals surface area contributed by atoms with E-state index in [-0.39, 0.29) is 5.91 Å². The Kier molecular flexibility index (Phi) is 5.34. The second kappa shape index (κ2) is 7.84. The maximum Gasteiger partial charge on any atom is 0.265 e. The van der Waals surface area contributed by atoms with Gasteiger partial charge in [0.15, 0.2) is 6.10 Å². The molecule has 0 saturated carbocycles. The fourth-order valence-electron chi connectivity index (χ4n) is 2.89. The summed E-state index contributed by atoms with van der Waals surface area (Å²) in [5.74, 6) is 0.598. The number of hydrogen-bond donors (Lipinski definition) is 1. The van der Waals surface area contributed by atoms with Gasteiger partial charge in [0.2, 0.25) is 0 Å². The van der Waals surface area contributed by atoms with Gasteiger partial charge < -0.3 is 10.1 Å². The molecule has 0 aromatic heterocycles. The number of para-hydroxylation sites is 1. The molecule has 0 aliphatic heterocycles. The van der Waals surface area contributed by atoms with Gasteiger partial charge in [0.05, 0.1) is 0 Å². The van der Waals surface area contributed by atoms with Crippen molar-refractivity contribution in [2.24, 2.45) is 0 Å². The van der Waals surface area contributed by atoms with Gasteiger partial charge in [0.25, 0.3) is 5.91 Å². The molecule has 0 bridgehead atoms. The van der Waals surface area contributed by atoms with E-state index < -0.39 is 6.10 Å². The van der Waals surface area contributed by atoms with E-state index in [9.17, 15) is 4.79 Å². The van der Waals surface area contributed by atoms with Gasteiger partial charge in [-0.05, 0) is 47.4 Å². The molecule has 1 N–H and O–H groups in total. The number of carbonyl (C=O) groups is 1. The van der Waals surface area contributed by atoms with Crippen molar-refractivity contribution in [3.05, 3.63) is 72.3 Å². The fraction of sp³-hybridized carbons (Fsp3) is 0.227. The number of carbonyl (C=O) groups excluding carboxylic acids is 1. The number of ether oxygens (including phenoxy) is 1. The minimum Gasteiger partial charge on any atom is -0.481 e. The summed E-state index contributed by atoms with van der Waals surface area (Å²) < 4.78 is 5.97. The van der Waals surface area contributed by atoms with Crippen molar-refractivity contribution < 1.29 is 9.53 Å². The minimum atomic E-state index is -0.522. The van der Waals surface area contributed by atoms with Crippen LogP contribution in [-0.2, 0) is 11.2 Å². The zero-order valence-electron chi connectivity index (χ0n) is 14.7. The normalized spacial score (nSPS) is 11.9. The van der Waals surface area contributed by atoms with Crippen molar-refractivity contribution in [2.45, 2.75) is 32.8 Å². The Balaban J connectivity index is 1.75. The first-order chi connectivity index (χ1) is 12.2. The molecular formula is C22H23NO2. The van der Waals surface area contributed by atoms with Crippen LogP contribution >= 0.6 is 0 Å². The molecule has 25 heavy (non-hydrogen) atoms. The van der Waals surface area contributed by atoms with Gasteiger partial charge in [0.1, 0.15) is 5.75 Å².